The number of carbonyl (C=O) groups excluding carboxylic acids is 1. The Hall–Kier alpha value is -0.630. The van der Waals surface area contributed by atoms with E-state index in [9.17, 15) is 4.79 Å². The van der Waals surface area contributed by atoms with Crippen molar-refractivity contribution in [1.29, 1.82) is 0 Å². The van der Waals surface area contributed by atoms with E-state index < -0.39 is 0 Å². The Labute approximate surface area is 178 Å². The number of ketones is 1. The number of fused-ring (bicyclic) bond motifs is 2. The third kappa shape index (κ3) is 1.86. The van der Waals surface area contributed by atoms with Gasteiger partial charge in [0.05, 0.1) is 0 Å². The highest BCUT2D eigenvalue weighted by molar-refractivity contribution is 6.00. The van der Waals surface area contributed by atoms with E-state index >= 15 is 0 Å². The Morgan fingerprint density at radius 2 is 1.62 bits per heavy atom. The number of hydrogen-bond donors (Lipinski definition) is 0. The minimum absolute atomic E-state index is 0.0752. The van der Waals surface area contributed by atoms with E-state index in [1.54, 1.807) is 0 Å². The molecule has 2 nitrogen and oxygen atoms in total. The third-order valence-corrected chi connectivity index (χ3v) is 12.5. The van der Waals surface area contributed by atoms with Crippen LogP contribution in [0.3, 0.4) is 0 Å². The van der Waals surface area contributed by atoms with Crippen molar-refractivity contribution >= 4 is 5.78 Å². The quantitative estimate of drug-likeness (QED) is 0.487. The van der Waals surface area contributed by atoms with Gasteiger partial charge >= 0.3 is 0 Å². The topological polar surface area (TPSA) is 20.3 Å². The molecule has 162 valence electrons. The number of Topliss-reactive ketones (excluding diaryl/α,β-unsaturated/α-hetero) is 1. The molecule has 5 rings (SSSR count). The smallest absolute Gasteiger partial charge is 0.159 e. The molecule has 5 fully saturated rings. The molecule has 5 aliphatic rings. The first-order chi connectivity index (χ1) is 13.4. The monoisotopic (exact) mass is 397 g/mol. The molecular weight excluding hydrogens is 354 g/mol. The zero-order chi connectivity index (χ0) is 21.3. The van der Waals surface area contributed by atoms with Crippen LogP contribution in [0.5, 0.6) is 0 Å². The predicted molar refractivity (Wildman–Crippen MR) is 120 cm³/mol. The summed E-state index contributed by atoms with van der Waals surface area (Å²) < 4.78 is 0. The van der Waals surface area contributed by atoms with Crippen LogP contribution >= 0.6 is 0 Å². The molecule has 0 aromatic rings. The highest BCUT2D eigenvalue weighted by Crippen LogP contribution is 2.92. The van der Waals surface area contributed by atoms with Crippen LogP contribution in [0.2, 0.25) is 0 Å². The van der Waals surface area contributed by atoms with Gasteiger partial charge in [0.2, 0.25) is 0 Å². The SMILES string of the molecule is C/C=C1/C(=O)C[C@@]2(C)[C@]3(C)CC[C@H]4C(C)(C)[C@@H](N(C)C)CC[C@@]45C[C@]53CC[C@]12C. The maximum Gasteiger partial charge on any atom is 0.159 e. The van der Waals surface area contributed by atoms with E-state index in [1.165, 1.54) is 44.9 Å². The molecule has 2 heteroatoms. The van der Waals surface area contributed by atoms with Gasteiger partial charge < -0.3 is 4.90 Å². The molecule has 0 saturated heterocycles. The van der Waals surface area contributed by atoms with Gasteiger partial charge in [-0.15, -0.1) is 0 Å². The van der Waals surface area contributed by atoms with Gasteiger partial charge in [0.25, 0.3) is 0 Å². The highest BCUT2D eigenvalue weighted by atomic mass is 16.1. The van der Waals surface area contributed by atoms with Crippen LogP contribution in [0.25, 0.3) is 0 Å². The number of carbonyl (C=O) groups is 1. The van der Waals surface area contributed by atoms with Crippen LogP contribution in [-0.2, 0) is 4.79 Å². The molecule has 0 heterocycles. The fourth-order valence-corrected chi connectivity index (χ4v) is 10.9. The predicted octanol–water partition coefficient (Wildman–Crippen LogP) is 6.25. The van der Waals surface area contributed by atoms with E-state index in [4.69, 9.17) is 0 Å². The summed E-state index contributed by atoms with van der Waals surface area (Å²) in [7, 11) is 4.58. The first kappa shape index (κ1) is 20.3. The van der Waals surface area contributed by atoms with Crippen molar-refractivity contribution in [3.63, 3.8) is 0 Å². The molecule has 5 aliphatic carbocycles. The second-order valence-electron chi connectivity index (χ2n) is 13.1. The minimum atomic E-state index is 0.0752. The Kier molecular flexibility index (Phi) is 3.78. The van der Waals surface area contributed by atoms with Crippen LogP contribution in [0, 0.1) is 38.4 Å². The summed E-state index contributed by atoms with van der Waals surface area (Å²) in [6.07, 6.45) is 12.4. The van der Waals surface area contributed by atoms with Crippen molar-refractivity contribution in [2.45, 2.75) is 99.0 Å². The van der Waals surface area contributed by atoms with Crippen LogP contribution < -0.4 is 0 Å². The summed E-state index contributed by atoms with van der Waals surface area (Å²) in [5.41, 5.74) is 3.06. The standard InChI is InChI=1S/C27H43NO/c1-9-18-19(29)16-25(6)23(18,4)14-15-27-17-26(27)13-11-21(28(7)8)22(2,3)20(26)10-12-24(25,27)5/h9,20-21H,10-17H2,1-8H3/b18-9-/t20-,21-,23+,24-,25+,26+,27-/m0/s1. The Balaban J connectivity index is 1.60. The van der Waals surface area contributed by atoms with Crippen LogP contribution in [-0.4, -0.2) is 30.8 Å². The van der Waals surface area contributed by atoms with E-state index in [1.807, 2.05) is 0 Å². The molecule has 0 aromatic heterocycles. The van der Waals surface area contributed by atoms with Gasteiger partial charge in [-0.3, -0.25) is 4.79 Å². The first-order valence-electron chi connectivity index (χ1n) is 12.2. The minimum Gasteiger partial charge on any atom is -0.306 e. The number of hydrogen-bond acceptors (Lipinski definition) is 2. The molecule has 0 aliphatic heterocycles. The molecule has 5 saturated carbocycles. The summed E-state index contributed by atoms with van der Waals surface area (Å²) in [6.45, 7) is 14.8. The molecule has 2 spiro atoms. The summed E-state index contributed by atoms with van der Waals surface area (Å²) in [4.78, 5) is 15.6. The van der Waals surface area contributed by atoms with Gasteiger partial charge in [0.1, 0.15) is 0 Å². The fraction of sp³-hybridized carbons (Fsp3) is 0.889. The lowest BCUT2D eigenvalue weighted by molar-refractivity contribution is -0.188. The van der Waals surface area contributed by atoms with Crippen LogP contribution in [0.1, 0.15) is 92.9 Å². The molecule has 0 N–H and O–H groups in total. The Bertz CT molecular complexity index is 809. The number of allylic oxidation sites excluding steroid dienone is 2. The molecule has 0 aromatic carbocycles. The highest BCUT2D eigenvalue weighted by Gasteiger charge is 2.86. The van der Waals surface area contributed by atoms with Crippen molar-refractivity contribution < 1.29 is 4.79 Å². The normalized spacial score (nSPS) is 56.6. The average Bonchev–Trinajstić information content (AvgIpc) is 3.22. The molecule has 29 heavy (non-hydrogen) atoms. The molecule has 0 amide bonds. The van der Waals surface area contributed by atoms with Gasteiger partial charge in [-0.2, -0.15) is 0 Å². The van der Waals surface area contributed by atoms with Crippen molar-refractivity contribution in [2.75, 3.05) is 14.1 Å². The molecular formula is C27H43NO. The van der Waals surface area contributed by atoms with Gasteiger partial charge in [-0.25, -0.2) is 0 Å². The number of rotatable bonds is 1. The van der Waals surface area contributed by atoms with Crippen LogP contribution in [0.15, 0.2) is 11.6 Å². The lowest BCUT2D eigenvalue weighted by atomic mass is 9.36. The third-order valence-electron chi connectivity index (χ3n) is 12.5. The second-order valence-corrected chi connectivity index (χ2v) is 13.1. The maximum atomic E-state index is 13.1. The molecule has 7 atom stereocenters. The summed E-state index contributed by atoms with van der Waals surface area (Å²) in [5, 5.41) is 0. The zero-order valence-corrected chi connectivity index (χ0v) is 20.2. The van der Waals surface area contributed by atoms with Gasteiger partial charge in [0.15, 0.2) is 5.78 Å². The summed E-state index contributed by atoms with van der Waals surface area (Å²) >= 11 is 0. The van der Waals surface area contributed by atoms with Gasteiger partial charge in [0, 0.05) is 17.9 Å². The second kappa shape index (κ2) is 5.40. The lowest BCUT2D eigenvalue weighted by Gasteiger charge is -2.68. The molecule has 0 unspecified atom stereocenters. The zero-order valence-electron chi connectivity index (χ0n) is 20.2. The van der Waals surface area contributed by atoms with Crippen LogP contribution in [0.4, 0.5) is 0 Å². The van der Waals surface area contributed by atoms with E-state index in [0.717, 1.165) is 17.9 Å². The van der Waals surface area contributed by atoms with Crippen molar-refractivity contribution in [2.24, 2.45) is 38.4 Å². The Morgan fingerprint density at radius 1 is 0.931 bits per heavy atom. The van der Waals surface area contributed by atoms with E-state index in [-0.39, 0.29) is 10.8 Å². The van der Waals surface area contributed by atoms with Crippen molar-refractivity contribution in [3.05, 3.63) is 11.6 Å². The molecule has 0 radical (unpaired) electrons. The van der Waals surface area contributed by atoms with Crippen molar-refractivity contribution in [3.8, 4) is 0 Å². The summed E-state index contributed by atoms with van der Waals surface area (Å²) in [6, 6.07) is 0.701. The number of nitrogens with zero attached hydrogens (tertiary/aromatic N) is 1. The van der Waals surface area contributed by atoms with Gasteiger partial charge in [-0.05, 0) is 105 Å². The first-order valence-corrected chi connectivity index (χ1v) is 12.2. The van der Waals surface area contributed by atoms with E-state index in [2.05, 4.69) is 66.6 Å². The molecule has 0 bridgehead atoms. The van der Waals surface area contributed by atoms with Gasteiger partial charge in [-0.1, -0.05) is 40.7 Å². The fourth-order valence-electron chi connectivity index (χ4n) is 10.9. The largest absolute Gasteiger partial charge is 0.306 e. The Morgan fingerprint density at radius 3 is 2.24 bits per heavy atom. The maximum absolute atomic E-state index is 13.1. The van der Waals surface area contributed by atoms with E-state index in [0.29, 0.717) is 33.5 Å². The lowest BCUT2D eigenvalue weighted by Crippen LogP contribution is -2.62. The van der Waals surface area contributed by atoms with Crippen molar-refractivity contribution in [1.82, 2.24) is 4.90 Å². The average molecular weight is 398 g/mol. The summed E-state index contributed by atoms with van der Waals surface area (Å²) in [5.74, 6) is 1.29.